The Labute approximate surface area is 189 Å². The first-order valence-corrected chi connectivity index (χ1v) is 9.69. The van der Waals surface area contributed by atoms with Crippen molar-refractivity contribution in [2.24, 2.45) is 0 Å². The number of hydrogen-bond donors (Lipinski definition) is 2. The van der Waals surface area contributed by atoms with E-state index in [-0.39, 0.29) is 11.3 Å². The van der Waals surface area contributed by atoms with Crippen LogP contribution in [0.5, 0.6) is 0 Å². The minimum atomic E-state index is -4.74. The molecule has 0 bridgehead atoms. The maximum Gasteiger partial charge on any atom is 0.418 e. The summed E-state index contributed by atoms with van der Waals surface area (Å²) in [5, 5.41) is 8.24. The molecule has 0 spiro atoms. The summed E-state index contributed by atoms with van der Waals surface area (Å²) >= 11 is 0. The predicted octanol–water partition coefficient (Wildman–Crippen LogP) is 3.06. The Kier molecular flexibility index (Phi) is 6.80. The quantitative estimate of drug-likeness (QED) is 0.549. The molecule has 7 nitrogen and oxygen atoms in total. The Morgan fingerprint density at radius 2 is 1.71 bits per heavy atom. The van der Waals surface area contributed by atoms with E-state index < -0.39 is 58.0 Å². The molecule has 12 heteroatoms. The molecule has 3 aromatic rings. The molecular weight excluding hydrogens is 463 g/mol. The van der Waals surface area contributed by atoms with Gasteiger partial charge in [-0.3, -0.25) is 14.4 Å². The van der Waals surface area contributed by atoms with E-state index in [9.17, 15) is 36.3 Å². The maximum atomic E-state index is 13.7. The van der Waals surface area contributed by atoms with Crippen molar-refractivity contribution in [1.82, 2.24) is 20.4 Å². The molecule has 0 fully saturated rings. The molecule has 178 valence electrons. The van der Waals surface area contributed by atoms with Crippen molar-refractivity contribution in [1.29, 1.82) is 0 Å². The fourth-order valence-electron chi connectivity index (χ4n) is 3.18. The Bertz CT molecular complexity index is 1320. The summed E-state index contributed by atoms with van der Waals surface area (Å²) in [5.41, 5.74) is -3.32. The minimum Gasteiger partial charge on any atom is -0.357 e. The molecule has 0 saturated carbocycles. The summed E-state index contributed by atoms with van der Waals surface area (Å²) < 4.78 is 68.2. The van der Waals surface area contributed by atoms with E-state index in [0.717, 1.165) is 35.0 Å². The third kappa shape index (κ3) is 4.95. The zero-order valence-electron chi connectivity index (χ0n) is 17.7. The molecule has 0 radical (unpaired) electrons. The first kappa shape index (κ1) is 24.6. The Morgan fingerprint density at radius 1 is 1.03 bits per heavy atom. The number of nitrogens with zero attached hydrogens (tertiary/aromatic N) is 2. The number of likely N-dealkylation sites (N-methyl/N-ethyl adjacent to an activating group) is 1. The van der Waals surface area contributed by atoms with Crippen LogP contribution in [0.2, 0.25) is 0 Å². The van der Waals surface area contributed by atoms with Gasteiger partial charge in [0.05, 0.1) is 11.3 Å². The van der Waals surface area contributed by atoms with Gasteiger partial charge in [-0.15, -0.1) is 0 Å². The van der Waals surface area contributed by atoms with Gasteiger partial charge in [-0.1, -0.05) is 18.2 Å². The standard InChI is InChI=1S/C22H17F5N4O3/c1-11-9-17(32)19(30-31(11)16-6-4-3-5-13(16)22(25,26)27)21(34)29-18(20(33)28-2)12-7-8-14(23)15(24)10-12/h3-10,18H,1-2H3,(H,28,33)(H,29,34). The number of alkyl halides is 3. The van der Waals surface area contributed by atoms with Crippen molar-refractivity contribution in [2.75, 3.05) is 7.05 Å². The summed E-state index contributed by atoms with van der Waals surface area (Å²) in [7, 11) is 1.23. The van der Waals surface area contributed by atoms with Crippen molar-refractivity contribution in [2.45, 2.75) is 19.1 Å². The van der Waals surface area contributed by atoms with Crippen molar-refractivity contribution in [3.05, 3.63) is 92.9 Å². The minimum absolute atomic E-state index is 0.0155. The number of carbonyl (C=O) groups is 2. The second-order valence-corrected chi connectivity index (χ2v) is 7.12. The zero-order valence-corrected chi connectivity index (χ0v) is 17.7. The van der Waals surface area contributed by atoms with Crippen molar-refractivity contribution >= 4 is 11.8 Å². The summed E-state index contributed by atoms with van der Waals surface area (Å²) in [6.45, 7) is 1.33. The SMILES string of the molecule is CNC(=O)C(NC(=O)c1nn(-c2ccccc2C(F)(F)F)c(C)cc1=O)c1ccc(F)c(F)c1. The monoisotopic (exact) mass is 480 g/mol. The smallest absolute Gasteiger partial charge is 0.357 e. The second-order valence-electron chi connectivity index (χ2n) is 7.12. The van der Waals surface area contributed by atoms with Crippen LogP contribution in [0.4, 0.5) is 22.0 Å². The number of rotatable bonds is 5. The molecule has 2 aromatic carbocycles. The summed E-state index contributed by atoms with van der Waals surface area (Å²) in [6.07, 6.45) is -4.74. The van der Waals surface area contributed by atoms with E-state index >= 15 is 0 Å². The maximum absolute atomic E-state index is 13.7. The molecule has 2 amide bonds. The van der Waals surface area contributed by atoms with Gasteiger partial charge in [0, 0.05) is 18.8 Å². The predicted molar refractivity (Wildman–Crippen MR) is 110 cm³/mol. The van der Waals surface area contributed by atoms with E-state index in [0.29, 0.717) is 6.07 Å². The van der Waals surface area contributed by atoms with E-state index in [1.807, 2.05) is 0 Å². The Hall–Kier alpha value is -4.09. The first-order chi connectivity index (χ1) is 15.9. The number of para-hydroxylation sites is 1. The van der Waals surface area contributed by atoms with Crippen LogP contribution in [-0.2, 0) is 11.0 Å². The molecule has 0 aliphatic carbocycles. The van der Waals surface area contributed by atoms with Gasteiger partial charge in [0.1, 0.15) is 6.04 Å². The highest BCUT2D eigenvalue weighted by molar-refractivity contribution is 5.96. The number of nitrogens with one attached hydrogen (secondary N) is 2. The molecule has 1 atom stereocenters. The normalized spacial score (nSPS) is 12.2. The van der Waals surface area contributed by atoms with Gasteiger partial charge in [-0.2, -0.15) is 18.3 Å². The molecule has 1 heterocycles. The van der Waals surface area contributed by atoms with E-state index in [1.165, 1.54) is 26.1 Å². The van der Waals surface area contributed by atoms with Crippen LogP contribution < -0.4 is 16.1 Å². The van der Waals surface area contributed by atoms with Gasteiger partial charge in [0.15, 0.2) is 17.3 Å². The van der Waals surface area contributed by atoms with Crippen LogP contribution in [0.1, 0.15) is 33.4 Å². The van der Waals surface area contributed by atoms with Crippen LogP contribution in [-0.4, -0.2) is 28.6 Å². The number of hydrogen-bond acceptors (Lipinski definition) is 4. The van der Waals surface area contributed by atoms with Gasteiger partial charge in [0.2, 0.25) is 11.3 Å². The van der Waals surface area contributed by atoms with Crippen molar-refractivity contribution < 1.29 is 31.5 Å². The van der Waals surface area contributed by atoms with E-state index in [4.69, 9.17) is 0 Å². The molecule has 0 saturated heterocycles. The largest absolute Gasteiger partial charge is 0.418 e. The molecule has 3 rings (SSSR count). The third-order valence-corrected chi connectivity index (χ3v) is 4.82. The van der Waals surface area contributed by atoms with Crippen LogP contribution >= 0.6 is 0 Å². The topological polar surface area (TPSA) is 93.1 Å². The fraction of sp³-hybridized carbons (Fsp3) is 0.182. The number of benzene rings is 2. The lowest BCUT2D eigenvalue weighted by atomic mass is 10.1. The summed E-state index contributed by atoms with van der Waals surface area (Å²) in [5.74, 6) is -4.49. The van der Waals surface area contributed by atoms with Gasteiger partial charge in [0.25, 0.3) is 5.91 Å². The molecule has 1 aromatic heterocycles. The fourth-order valence-corrected chi connectivity index (χ4v) is 3.18. The van der Waals surface area contributed by atoms with Gasteiger partial charge in [-0.25, -0.2) is 13.5 Å². The number of amides is 2. The van der Waals surface area contributed by atoms with E-state index in [1.54, 1.807) is 0 Å². The van der Waals surface area contributed by atoms with Crippen LogP contribution in [0.25, 0.3) is 5.69 Å². The van der Waals surface area contributed by atoms with Crippen LogP contribution in [0, 0.1) is 18.6 Å². The van der Waals surface area contributed by atoms with Crippen LogP contribution in [0.15, 0.2) is 53.3 Å². The average molecular weight is 480 g/mol. The molecule has 0 aliphatic heterocycles. The van der Waals surface area contributed by atoms with E-state index in [2.05, 4.69) is 15.7 Å². The van der Waals surface area contributed by atoms with Gasteiger partial charge < -0.3 is 10.6 Å². The highest BCUT2D eigenvalue weighted by Gasteiger charge is 2.34. The van der Waals surface area contributed by atoms with Crippen molar-refractivity contribution in [3.63, 3.8) is 0 Å². The highest BCUT2D eigenvalue weighted by atomic mass is 19.4. The number of carbonyl (C=O) groups excluding carboxylic acids is 2. The molecule has 34 heavy (non-hydrogen) atoms. The van der Waals surface area contributed by atoms with Gasteiger partial charge in [-0.05, 0) is 36.8 Å². The van der Waals surface area contributed by atoms with Crippen molar-refractivity contribution in [3.8, 4) is 5.69 Å². The average Bonchev–Trinajstić information content (AvgIpc) is 2.78. The van der Waals surface area contributed by atoms with Gasteiger partial charge >= 0.3 is 6.18 Å². The first-order valence-electron chi connectivity index (χ1n) is 9.69. The Balaban J connectivity index is 2.06. The molecular formula is C22H17F5N4O3. The lowest BCUT2D eigenvalue weighted by Gasteiger charge is -2.19. The summed E-state index contributed by atoms with van der Waals surface area (Å²) in [4.78, 5) is 37.6. The number of aryl methyl sites for hydroxylation is 1. The zero-order chi connectivity index (χ0) is 25.2. The Morgan fingerprint density at radius 3 is 2.32 bits per heavy atom. The molecule has 1 unspecified atom stereocenters. The highest BCUT2D eigenvalue weighted by Crippen LogP contribution is 2.33. The van der Waals surface area contributed by atoms with Crippen LogP contribution in [0.3, 0.4) is 0 Å². The summed E-state index contributed by atoms with van der Waals surface area (Å²) in [6, 6.07) is 6.30. The lowest BCUT2D eigenvalue weighted by Crippen LogP contribution is -2.41. The molecule has 2 N–H and O–H groups in total. The second kappa shape index (κ2) is 9.41. The molecule has 0 aliphatic rings. The lowest BCUT2D eigenvalue weighted by molar-refractivity contribution is -0.137. The third-order valence-electron chi connectivity index (χ3n) is 4.82. The number of aromatic nitrogens is 2. The number of halogens is 5.